The number of hydrogen-bond acceptors (Lipinski definition) is 4. The summed E-state index contributed by atoms with van der Waals surface area (Å²) in [5, 5.41) is 0. The van der Waals surface area contributed by atoms with Gasteiger partial charge in [-0.05, 0) is 25.5 Å². The fraction of sp³-hybridized carbons (Fsp3) is 0.308. The number of aryl methyl sites for hydroxylation is 1. The number of hydrogen-bond donors (Lipinski definition) is 0. The predicted molar refractivity (Wildman–Crippen MR) is 69.0 cm³/mol. The van der Waals surface area contributed by atoms with Gasteiger partial charge in [0.05, 0.1) is 17.3 Å². The molecule has 0 spiro atoms. The van der Waals surface area contributed by atoms with Gasteiger partial charge in [-0.2, -0.15) is 0 Å². The summed E-state index contributed by atoms with van der Waals surface area (Å²) in [6, 6.07) is 6.68. The lowest BCUT2D eigenvalue weighted by Crippen LogP contribution is -2.11. The van der Waals surface area contributed by atoms with Gasteiger partial charge in [-0.3, -0.25) is 0 Å². The molecule has 0 N–H and O–H groups in total. The van der Waals surface area contributed by atoms with Crippen molar-refractivity contribution >= 4 is 15.8 Å². The molecule has 0 aromatic heterocycles. The summed E-state index contributed by atoms with van der Waals surface area (Å²) in [5.41, 5.74) is 1.01. The lowest BCUT2D eigenvalue weighted by Gasteiger charge is -2.05. The van der Waals surface area contributed by atoms with E-state index in [1.54, 1.807) is 24.3 Å². The molecule has 0 unspecified atom stereocenters. The van der Waals surface area contributed by atoms with Gasteiger partial charge in [-0.25, -0.2) is 13.2 Å². The average molecular weight is 268 g/mol. The van der Waals surface area contributed by atoms with Crippen LogP contribution < -0.4 is 0 Å². The molecule has 4 nitrogen and oxygen atoms in total. The number of benzene rings is 1. The molecule has 5 heteroatoms. The molecule has 0 amide bonds. The van der Waals surface area contributed by atoms with E-state index in [-0.39, 0.29) is 18.8 Å². The van der Waals surface area contributed by atoms with E-state index < -0.39 is 15.8 Å². The molecular formula is C13H16O4S. The lowest BCUT2D eigenvalue weighted by molar-refractivity contribution is -0.137. The number of ether oxygens (including phenoxy) is 1. The van der Waals surface area contributed by atoms with Crippen LogP contribution in [0, 0.1) is 6.92 Å². The number of rotatable bonds is 6. The van der Waals surface area contributed by atoms with E-state index >= 15 is 0 Å². The van der Waals surface area contributed by atoms with Crippen LogP contribution in [0.1, 0.15) is 12.0 Å². The van der Waals surface area contributed by atoms with Gasteiger partial charge in [-0.15, -0.1) is 0 Å². The van der Waals surface area contributed by atoms with Crippen LogP contribution in [0.2, 0.25) is 0 Å². The van der Waals surface area contributed by atoms with Crippen molar-refractivity contribution in [1.82, 2.24) is 0 Å². The van der Waals surface area contributed by atoms with Crippen molar-refractivity contribution in [1.29, 1.82) is 0 Å². The maximum atomic E-state index is 11.9. The zero-order valence-corrected chi connectivity index (χ0v) is 11.1. The number of esters is 1. The first-order valence-electron chi connectivity index (χ1n) is 5.54. The summed E-state index contributed by atoms with van der Waals surface area (Å²) in [6.45, 7) is 5.22. The van der Waals surface area contributed by atoms with E-state index in [1.165, 1.54) is 0 Å². The molecule has 0 aliphatic carbocycles. The molecule has 18 heavy (non-hydrogen) atoms. The summed E-state index contributed by atoms with van der Waals surface area (Å²) >= 11 is 0. The molecule has 0 aliphatic heterocycles. The second-order valence-corrected chi connectivity index (χ2v) is 5.97. The van der Waals surface area contributed by atoms with Crippen molar-refractivity contribution in [3.63, 3.8) is 0 Å². The molecule has 1 rings (SSSR count). The van der Waals surface area contributed by atoms with E-state index in [2.05, 4.69) is 6.58 Å². The second-order valence-electron chi connectivity index (χ2n) is 3.86. The second kappa shape index (κ2) is 6.35. The molecule has 0 aliphatic rings. The quantitative estimate of drug-likeness (QED) is 0.449. The topological polar surface area (TPSA) is 60.4 Å². The molecule has 0 atom stereocenters. The minimum absolute atomic E-state index is 0.0412. The number of carbonyl (C=O) groups excluding carboxylic acids is 1. The Morgan fingerprint density at radius 2 is 1.94 bits per heavy atom. The Kier molecular flexibility index (Phi) is 5.09. The van der Waals surface area contributed by atoms with Crippen LogP contribution in [0.4, 0.5) is 0 Å². The van der Waals surface area contributed by atoms with Crippen LogP contribution in [0.15, 0.2) is 41.8 Å². The molecule has 0 saturated carbocycles. The van der Waals surface area contributed by atoms with Crippen LogP contribution in [0.25, 0.3) is 0 Å². The van der Waals surface area contributed by atoms with Gasteiger partial charge in [-0.1, -0.05) is 24.3 Å². The van der Waals surface area contributed by atoms with Crippen molar-refractivity contribution in [2.24, 2.45) is 0 Å². The normalized spacial score (nSPS) is 10.9. The van der Waals surface area contributed by atoms with Gasteiger partial charge >= 0.3 is 5.97 Å². The summed E-state index contributed by atoms with van der Waals surface area (Å²) in [7, 11) is -3.30. The minimum Gasteiger partial charge on any atom is -0.463 e. The summed E-state index contributed by atoms with van der Waals surface area (Å²) < 4.78 is 28.5. The van der Waals surface area contributed by atoms with Gasteiger partial charge in [0.15, 0.2) is 9.84 Å². The average Bonchev–Trinajstić information content (AvgIpc) is 2.35. The first kappa shape index (κ1) is 14.4. The highest BCUT2D eigenvalue weighted by molar-refractivity contribution is 7.91. The highest BCUT2D eigenvalue weighted by Gasteiger charge is 2.13. The zero-order valence-electron chi connectivity index (χ0n) is 10.3. The van der Waals surface area contributed by atoms with Crippen LogP contribution in [0.3, 0.4) is 0 Å². The Labute approximate surface area is 107 Å². The first-order valence-corrected chi connectivity index (χ1v) is 7.19. The van der Waals surface area contributed by atoms with E-state index in [1.807, 2.05) is 6.92 Å². The van der Waals surface area contributed by atoms with E-state index in [0.29, 0.717) is 4.90 Å². The first-order chi connectivity index (χ1) is 8.45. The van der Waals surface area contributed by atoms with Gasteiger partial charge < -0.3 is 4.74 Å². The molecular weight excluding hydrogens is 252 g/mol. The predicted octanol–water partition coefficient (Wildman–Crippen LogP) is 1.89. The molecule has 0 bridgehead atoms. The molecule has 0 heterocycles. The molecule has 1 aromatic rings. The van der Waals surface area contributed by atoms with Gasteiger partial charge in [0.2, 0.25) is 0 Å². The van der Waals surface area contributed by atoms with Gasteiger partial charge in [0.25, 0.3) is 0 Å². The molecule has 0 fully saturated rings. The highest BCUT2D eigenvalue weighted by Crippen LogP contribution is 2.12. The third-order valence-electron chi connectivity index (χ3n) is 2.35. The molecule has 0 saturated heterocycles. The third kappa shape index (κ3) is 4.33. The van der Waals surface area contributed by atoms with Crippen LogP contribution in [-0.4, -0.2) is 26.7 Å². The van der Waals surface area contributed by atoms with Crippen molar-refractivity contribution in [2.45, 2.75) is 18.2 Å². The zero-order chi connectivity index (χ0) is 13.6. The van der Waals surface area contributed by atoms with E-state index in [0.717, 1.165) is 11.6 Å². The Morgan fingerprint density at radius 1 is 1.33 bits per heavy atom. The van der Waals surface area contributed by atoms with Gasteiger partial charge in [0.1, 0.15) is 0 Å². The van der Waals surface area contributed by atoms with E-state index in [4.69, 9.17) is 4.74 Å². The maximum Gasteiger partial charge on any atom is 0.330 e. The summed E-state index contributed by atoms with van der Waals surface area (Å²) in [4.78, 5) is 11.0. The monoisotopic (exact) mass is 268 g/mol. The SMILES string of the molecule is C=CC(=O)OCCCS(=O)(=O)c1ccc(C)cc1. The fourth-order valence-corrected chi connectivity index (χ4v) is 2.63. The molecule has 0 radical (unpaired) electrons. The number of sulfone groups is 1. The lowest BCUT2D eigenvalue weighted by atomic mass is 10.2. The highest BCUT2D eigenvalue weighted by atomic mass is 32.2. The Balaban J connectivity index is 2.52. The Morgan fingerprint density at radius 3 is 2.50 bits per heavy atom. The molecule has 1 aromatic carbocycles. The third-order valence-corrected chi connectivity index (χ3v) is 4.17. The van der Waals surface area contributed by atoms with Crippen LogP contribution >= 0.6 is 0 Å². The minimum atomic E-state index is -3.30. The molecule has 98 valence electrons. The standard InChI is InChI=1S/C13H16O4S/c1-3-13(14)17-9-4-10-18(15,16)12-7-5-11(2)6-8-12/h3,5-8H,1,4,9-10H2,2H3. The maximum absolute atomic E-state index is 11.9. The van der Waals surface area contributed by atoms with E-state index in [9.17, 15) is 13.2 Å². The summed E-state index contributed by atoms with van der Waals surface area (Å²) in [6.07, 6.45) is 1.32. The smallest absolute Gasteiger partial charge is 0.330 e. The van der Waals surface area contributed by atoms with Crippen molar-refractivity contribution in [3.8, 4) is 0 Å². The Hall–Kier alpha value is -1.62. The van der Waals surface area contributed by atoms with Crippen molar-refractivity contribution in [2.75, 3.05) is 12.4 Å². The van der Waals surface area contributed by atoms with Crippen molar-refractivity contribution in [3.05, 3.63) is 42.5 Å². The van der Waals surface area contributed by atoms with Crippen LogP contribution in [-0.2, 0) is 19.4 Å². The van der Waals surface area contributed by atoms with Crippen molar-refractivity contribution < 1.29 is 17.9 Å². The number of carbonyl (C=O) groups is 1. The van der Waals surface area contributed by atoms with Gasteiger partial charge in [0, 0.05) is 6.08 Å². The Bertz CT molecular complexity index is 514. The summed E-state index contributed by atoms with van der Waals surface area (Å²) in [5.74, 6) is -0.580. The van der Waals surface area contributed by atoms with Crippen LogP contribution in [0.5, 0.6) is 0 Å². The fourth-order valence-electron chi connectivity index (χ4n) is 1.34. The largest absolute Gasteiger partial charge is 0.463 e.